The Bertz CT molecular complexity index is 489. The first-order valence-electron chi connectivity index (χ1n) is 6.50. The first-order chi connectivity index (χ1) is 9.54. The first-order valence-corrected chi connectivity index (χ1v) is 7.26. The Morgan fingerprint density at radius 3 is 2.75 bits per heavy atom. The van der Waals surface area contributed by atoms with Crippen molar-refractivity contribution >= 4 is 29.1 Å². The van der Waals surface area contributed by atoms with Crippen LogP contribution in [0, 0.1) is 5.41 Å². The van der Waals surface area contributed by atoms with Gasteiger partial charge in [0.1, 0.15) is 5.75 Å². The number of carbonyl (C=O) groups excluding carboxylic acids is 1. The van der Waals surface area contributed by atoms with Crippen LogP contribution in [0.1, 0.15) is 19.3 Å². The molecule has 0 atom stereocenters. The molecule has 2 rings (SSSR count). The summed E-state index contributed by atoms with van der Waals surface area (Å²) in [6, 6.07) is 4.95. The van der Waals surface area contributed by atoms with Crippen LogP contribution in [0.4, 0.5) is 0 Å². The van der Waals surface area contributed by atoms with E-state index in [4.69, 9.17) is 33.0 Å². The topological polar surface area (TPSA) is 58.6 Å². The van der Waals surface area contributed by atoms with E-state index in [1.54, 1.807) is 18.2 Å². The van der Waals surface area contributed by atoms with Crippen molar-refractivity contribution in [3.63, 3.8) is 0 Å². The molecule has 110 valence electrons. The lowest BCUT2D eigenvalue weighted by atomic mass is 10.1. The number of halogens is 2. The highest BCUT2D eigenvalue weighted by molar-refractivity contribution is 6.35. The van der Waals surface area contributed by atoms with Crippen LogP contribution in [0.5, 0.6) is 5.75 Å². The van der Waals surface area contributed by atoms with Gasteiger partial charge < -0.3 is 15.2 Å². The molecule has 0 heterocycles. The Hall–Kier alpha value is -0.970. The number of nitrogens with one attached hydrogen (secondary N) is 1. The van der Waals surface area contributed by atoms with Gasteiger partial charge in [0, 0.05) is 17.0 Å². The molecule has 1 fully saturated rings. The second-order valence-corrected chi connectivity index (χ2v) is 5.95. The lowest BCUT2D eigenvalue weighted by Crippen LogP contribution is -2.32. The van der Waals surface area contributed by atoms with Crippen LogP contribution in [0.2, 0.25) is 10.0 Å². The van der Waals surface area contributed by atoms with Crippen molar-refractivity contribution in [1.82, 2.24) is 5.32 Å². The van der Waals surface area contributed by atoms with Gasteiger partial charge in [-0.25, -0.2) is 0 Å². The van der Waals surface area contributed by atoms with Gasteiger partial charge >= 0.3 is 0 Å². The molecule has 0 radical (unpaired) electrons. The number of aliphatic hydroxyl groups is 1. The molecule has 0 saturated heterocycles. The number of aliphatic hydroxyl groups excluding tert-OH is 1. The lowest BCUT2D eigenvalue weighted by Gasteiger charge is -2.13. The number of benzene rings is 1. The molecule has 0 spiro atoms. The van der Waals surface area contributed by atoms with E-state index < -0.39 is 0 Å². The summed E-state index contributed by atoms with van der Waals surface area (Å²) in [5, 5.41) is 12.9. The van der Waals surface area contributed by atoms with Crippen molar-refractivity contribution in [3.8, 4) is 5.75 Å². The minimum Gasteiger partial charge on any atom is -0.491 e. The quantitative estimate of drug-likeness (QED) is 0.812. The van der Waals surface area contributed by atoms with Gasteiger partial charge in [-0.1, -0.05) is 23.2 Å². The fourth-order valence-electron chi connectivity index (χ4n) is 1.79. The molecule has 1 aromatic rings. The van der Waals surface area contributed by atoms with Crippen LogP contribution < -0.4 is 10.1 Å². The number of amides is 1. The largest absolute Gasteiger partial charge is 0.491 e. The van der Waals surface area contributed by atoms with E-state index in [0.29, 0.717) is 22.3 Å². The summed E-state index contributed by atoms with van der Waals surface area (Å²) in [4.78, 5) is 11.6. The zero-order valence-corrected chi connectivity index (χ0v) is 12.5. The lowest BCUT2D eigenvalue weighted by molar-refractivity contribution is -0.121. The third-order valence-electron chi connectivity index (χ3n) is 3.43. The Morgan fingerprint density at radius 1 is 1.40 bits per heavy atom. The maximum Gasteiger partial charge on any atom is 0.223 e. The molecule has 20 heavy (non-hydrogen) atoms. The zero-order chi connectivity index (χ0) is 14.6. The van der Waals surface area contributed by atoms with Gasteiger partial charge in [0.15, 0.2) is 0 Å². The van der Waals surface area contributed by atoms with Gasteiger partial charge in [0.05, 0.1) is 24.7 Å². The van der Waals surface area contributed by atoms with Gasteiger partial charge in [0.2, 0.25) is 5.91 Å². The zero-order valence-electron chi connectivity index (χ0n) is 11.0. The SMILES string of the molecule is O=C(CCOc1ccc(Cl)cc1Cl)NCC1(CO)CC1. The molecule has 6 heteroatoms. The molecular formula is C14H17Cl2NO3. The molecule has 0 unspecified atom stereocenters. The highest BCUT2D eigenvalue weighted by Gasteiger charge is 2.41. The normalized spacial score (nSPS) is 15.8. The molecule has 1 saturated carbocycles. The van der Waals surface area contributed by atoms with E-state index in [1.165, 1.54) is 0 Å². The molecule has 1 aliphatic carbocycles. The maximum absolute atomic E-state index is 11.6. The van der Waals surface area contributed by atoms with Crippen molar-refractivity contribution in [2.75, 3.05) is 19.8 Å². The molecule has 0 aliphatic heterocycles. The number of hydrogen-bond donors (Lipinski definition) is 2. The average Bonchev–Trinajstić information content (AvgIpc) is 3.20. The summed E-state index contributed by atoms with van der Waals surface area (Å²) in [7, 11) is 0. The molecule has 1 aromatic carbocycles. The average molecular weight is 318 g/mol. The third-order valence-corrected chi connectivity index (χ3v) is 3.96. The molecule has 0 aromatic heterocycles. The van der Waals surface area contributed by atoms with Gasteiger partial charge in [0.25, 0.3) is 0 Å². The monoisotopic (exact) mass is 317 g/mol. The molecule has 1 aliphatic rings. The summed E-state index contributed by atoms with van der Waals surface area (Å²) >= 11 is 11.7. The van der Waals surface area contributed by atoms with E-state index >= 15 is 0 Å². The van der Waals surface area contributed by atoms with Crippen molar-refractivity contribution in [3.05, 3.63) is 28.2 Å². The fraction of sp³-hybridized carbons (Fsp3) is 0.500. The van der Waals surface area contributed by atoms with Crippen LogP contribution in [-0.4, -0.2) is 30.8 Å². The summed E-state index contributed by atoms with van der Waals surface area (Å²) in [5.41, 5.74) is -0.0734. The van der Waals surface area contributed by atoms with E-state index in [0.717, 1.165) is 12.8 Å². The van der Waals surface area contributed by atoms with Crippen molar-refractivity contribution in [2.24, 2.45) is 5.41 Å². The van der Waals surface area contributed by atoms with E-state index in [-0.39, 0.29) is 31.0 Å². The maximum atomic E-state index is 11.6. The van der Waals surface area contributed by atoms with Crippen LogP contribution >= 0.6 is 23.2 Å². The summed E-state index contributed by atoms with van der Waals surface area (Å²) in [5.74, 6) is 0.424. The van der Waals surface area contributed by atoms with Gasteiger partial charge in [-0.15, -0.1) is 0 Å². The minimum atomic E-state index is -0.0881. The van der Waals surface area contributed by atoms with Crippen molar-refractivity contribution in [2.45, 2.75) is 19.3 Å². The minimum absolute atomic E-state index is 0.0734. The molecule has 0 bridgehead atoms. The number of hydrogen-bond acceptors (Lipinski definition) is 3. The smallest absolute Gasteiger partial charge is 0.223 e. The van der Waals surface area contributed by atoms with Gasteiger partial charge in [-0.2, -0.15) is 0 Å². The van der Waals surface area contributed by atoms with E-state index in [1.807, 2.05) is 0 Å². The summed E-state index contributed by atoms with van der Waals surface area (Å²) < 4.78 is 5.44. The first kappa shape index (κ1) is 15.4. The van der Waals surface area contributed by atoms with Gasteiger partial charge in [-0.3, -0.25) is 4.79 Å². The standard InChI is InChI=1S/C14H17Cl2NO3/c15-10-1-2-12(11(16)7-10)20-6-3-13(19)17-8-14(9-18)4-5-14/h1-2,7,18H,3-6,8-9H2,(H,17,19). The highest BCUT2D eigenvalue weighted by Crippen LogP contribution is 2.44. The molecular weight excluding hydrogens is 301 g/mol. The second-order valence-electron chi connectivity index (χ2n) is 5.11. The highest BCUT2D eigenvalue weighted by atomic mass is 35.5. The Labute approximate surface area is 128 Å². The Morgan fingerprint density at radius 2 is 2.15 bits per heavy atom. The van der Waals surface area contributed by atoms with E-state index in [9.17, 15) is 4.79 Å². The van der Waals surface area contributed by atoms with Crippen LogP contribution in [0.15, 0.2) is 18.2 Å². The van der Waals surface area contributed by atoms with Crippen molar-refractivity contribution < 1.29 is 14.6 Å². The molecule has 1 amide bonds. The Balaban J connectivity index is 1.68. The van der Waals surface area contributed by atoms with Crippen LogP contribution in [0.25, 0.3) is 0 Å². The predicted octanol–water partition coefficient (Wildman–Crippen LogP) is 2.65. The van der Waals surface area contributed by atoms with E-state index in [2.05, 4.69) is 5.32 Å². The van der Waals surface area contributed by atoms with Crippen molar-refractivity contribution in [1.29, 1.82) is 0 Å². The number of rotatable bonds is 7. The molecule has 4 nitrogen and oxygen atoms in total. The summed E-state index contributed by atoms with van der Waals surface area (Å²) in [6.45, 7) is 0.910. The number of carbonyl (C=O) groups is 1. The van der Waals surface area contributed by atoms with Gasteiger partial charge in [-0.05, 0) is 31.0 Å². The van der Waals surface area contributed by atoms with Crippen LogP contribution in [0.3, 0.4) is 0 Å². The van der Waals surface area contributed by atoms with Crippen LogP contribution in [-0.2, 0) is 4.79 Å². The Kier molecular flexibility index (Phi) is 5.13. The molecule has 2 N–H and O–H groups in total. The number of ether oxygens (including phenoxy) is 1. The fourth-order valence-corrected chi connectivity index (χ4v) is 2.25. The third kappa shape index (κ3) is 4.27. The summed E-state index contributed by atoms with van der Waals surface area (Å²) in [6.07, 6.45) is 2.20. The predicted molar refractivity (Wildman–Crippen MR) is 78.3 cm³/mol. The second kappa shape index (κ2) is 6.66.